The van der Waals surface area contributed by atoms with Gasteiger partial charge in [0.15, 0.2) is 0 Å². The summed E-state index contributed by atoms with van der Waals surface area (Å²) in [5.41, 5.74) is 1.97. The number of nitrogens with one attached hydrogen (secondary N) is 2. The predicted octanol–water partition coefficient (Wildman–Crippen LogP) is 3.04. The van der Waals surface area contributed by atoms with Gasteiger partial charge in [0.2, 0.25) is 5.91 Å². The summed E-state index contributed by atoms with van der Waals surface area (Å²) in [6.07, 6.45) is 2.22. The molecule has 1 aliphatic rings. The molecule has 0 spiro atoms. The summed E-state index contributed by atoms with van der Waals surface area (Å²) in [6, 6.07) is 10.8. The van der Waals surface area contributed by atoms with Gasteiger partial charge in [0.1, 0.15) is 0 Å². The molecule has 1 aromatic carbocycles. The zero-order valence-electron chi connectivity index (χ0n) is 16.4. The monoisotopic (exact) mass is 345 g/mol. The molecule has 0 aromatic heterocycles. The summed E-state index contributed by atoms with van der Waals surface area (Å²) in [5.74, 6) is 0.0542. The molecule has 1 aliphatic heterocycles. The van der Waals surface area contributed by atoms with E-state index >= 15 is 0 Å². The fourth-order valence-corrected chi connectivity index (χ4v) is 3.76. The van der Waals surface area contributed by atoms with Crippen LogP contribution in [-0.4, -0.2) is 43.5 Å². The molecule has 4 nitrogen and oxygen atoms in total. The number of benzene rings is 1. The Morgan fingerprint density at radius 1 is 1.20 bits per heavy atom. The number of hydrogen-bond donors (Lipinski definition) is 2. The van der Waals surface area contributed by atoms with Gasteiger partial charge in [-0.25, -0.2) is 0 Å². The van der Waals surface area contributed by atoms with E-state index in [2.05, 4.69) is 66.6 Å². The van der Waals surface area contributed by atoms with Crippen LogP contribution in [0.4, 0.5) is 0 Å². The van der Waals surface area contributed by atoms with Gasteiger partial charge in [0, 0.05) is 38.5 Å². The van der Waals surface area contributed by atoms with Crippen molar-refractivity contribution in [1.29, 1.82) is 0 Å². The highest BCUT2D eigenvalue weighted by molar-refractivity contribution is 5.72. The van der Waals surface area contributed by atoms with E-state index in [0.717, 1.165) is 39.1 Å². The molecule has 0 bridgehead atoms. The van der Waals surface area contributed by atoms with Crippen LogP contribution < -0.4 is 10.6 Å². The average Bonchev–Trinajstić information content (AvgIpc) is 2.95. The molecule has 4 heteroatoms. The summed E-state index contributed by atoms with van der Waals surface area (Å²) in [7, 11) is 0. The highest BCUT2D eigenvalue weighted by Gasteiger charge is 2.46. The Bertz CT molecular complexity index is 538. The van der Waals surface area contributed by atoms with Crippen molar-refractivity contribution in [2.24, 2.45) is 10.8 Å². The van der Waals surface area contributed by atoms with Crippen LogP contribution in [-0.2, 0) is 11.3 Å². The highest BCUT2D eigenvalue weighted by Crippen LogP contribution is 2.45. The lowest BCUT2D eigenvalue weighted by Gasteiger charge is -2.42. The van der Waals surface area contributed by atoms with Crippen molar-refractivity contribution in [3.8, 4) is 0 Å². The van der Waals surface area contributed by atoms with E-state index in [1.165, 1.54) is 18.5 Å². The number of likely N-dealkylation sites (tertiary alicyclic amines) is 1. The number of hydrogen-bond acceptors (Lipinski definition) is 3. The molecule has 1 atom stereocenters. The van der Waals surface area contributed by atoms with Crippen LogP contribution >= 0.6 is 0 Å². The summed E-state index contributed by atoms with van der Waals surface area (Å²) >= 11 is 0. The lowest BCUT2D eigenvalue weighted by Crippen LogP contribution is -2.46. The summed E-state index contributed by atoms with van der Waals surface area (Å²) in [5, 5.41) is 6.52. The average molecular weight is 346 g/mol. The van der Waals surface area contributed by atoms with Crippen LogP contribution in [0.2, 0.25) is 0 Å². The van der Waals surface area contributed by atoms with E-state index < -0.39 is 0 Å². The van der Waals surface area contributed by atoms with Crippen molar-refractivity contribution in [2.45, 2.75) is 47.1 Å². The fraction of sp³-hybridized carbons (Fsp3) is 0.667. The molecule has 1 unspecified atom stereocenters. The molecule has 0 aliphatic carbocycles. The number of carbonyl (C=O) groups excluding carboxylic acids is 1. The van der Waals surface area contributed by atoms with E-state index in [-0.39, 0.29) is 11.3 Å². The summed E-state index contributed by atoms with van der Waals surface area (Å²) < 4.78 is 0. The quantitative estimate of drug-likeness (QED) is 0.712. The highest BCUT2D eigenvalue weighted by atomic mass is 16.1. The van der Waals surface area contributed by atoms with E-state index in [4.69, 9.17) is 0 Å². The van der Waals surface area contributed by atoms with E-state index in [9.17, 15) is 4.79 Å². The first-order chi connectivity index (χ1) is 11.8. The lowest BCUT2D eigenvalue weighted by atomic mass is 9.66. The Morgan fingerprint density at radius 2 is 1.92 bits per heavy atom. The molecule has 25 heavy (non-hydrogen) atoms. The molecular weight excluding hydrogens is 310 g/mol. The Kier molecular flexibility index (Phi) is 7.03. The first kappa shape index (κ1) is 19.9. The van der Waals surface area contributed by atoms with Crippen molar-refractivity contribution >= 4 is 5.91 Å². The molecule has 2 N–H and O–H groups in total. The maximum Gasteiger partial charge on any atom is 0.216 e. The Hall–Kier alpha value is -1.39. The third-order valence-electron chi connectivity index (χ3n) is 5.64. The largest absolute Gasteiger partial charge is 0.356 e. The standard InChI is InChI=1S/C21H35N3O/c1-18(25)23-13-8-12-22-16-21(20(2,3)4)11-14-24(17-21)15-19-9-6-5-7-10-19/h5-7,9-10,22H,8,11-17H2,1-4H3,(H,23,25). The minimum atomic E-state index is 0.0542. The van der Waals surface area contributed by atoms with Crippen molar-refractivity contribution in [3.63, 3.8) is 0 Å². The molecule has 0 saturated carbocycles. The fourth-order valence-electron chi connectivity index (χ4n) is 3.76. The number of carbonyl (C=O) groups is 1. The van der Waals surface area contributed by atoms with Crippen molar-refractivity contribution in [1.82, 2.24) is 15.5 Å². The predicted molar refractivity (Wildman–Crippen MR) is 104 cm³/mol. The first-order valence-electron chi connectivity index (χ1n) is 9.54. The van der Waals surface area contributed by atoms with Crippen LogP contribution in [0.3, 0.4) is 0 Å². The SMILES string of the molecule is CC(=O)NCCCNCC1(C(C)(C)C)CCN(Cc2ccccc2)C1. The normalized spacial score (nSPS) is 21.4. The van der Waals surface area contributed by atoms with Crippen LogP contribution in [0, 0.1) is 10.8 Å². The third kappa shape index (κ3) is 5.82. The zero-order chi connectivity index (χ0) is 18.3. The Balaban J connectivity index is 1.85. The van der Waals surface area contributed by atoms with Gasteiger partial charge >= 0.3 is 0 Å². The van der Waals surface area contributed by atoms with Crippen molar-refractivity contribution < 1.29 is 4.79 Å². The van der Waals surface area contributed by atoms with Gasteiger partial charge in [-0.2, -0.15) is 0 Å². The van der Waals surface area contributed by atoms with Gasteiger partial charge in [0.05, 0.1) is 0 Å². The maximum absolute atomic E-state index is 10.9. The molecule has 1 heterocycles. The molecule has 0 radical (unpaired) electrons. The smallest absolute Gasteiger partial charge is 0.216 e. The van der Waals surface area contributed by atoms with Crippen LogP contribution in [0.1, 0.15) is 46.1 Å². The number of amides is 1. The van der Waals surface area contributed by atoms with Crippen LogP contribution in [0.25, 0.3) is 0 Å². The second-order valence-electron chi connectivity index (χ2n) is 8.49. The van der Waals surface area contributed by atoms with Gasteiger partial charge in [-0.15, -0.1) is 0 Å². The van der Waals surface area contributed by atoms with Gasteiger partial charge in [-0.3, -0.25) is 9.69 Å². The minimum absolute atomic E-state index is 0.0542. The van der Waals surface area contributed by atoms with Crippen molar-refractivity contribution in [2.75, 3.05) is 32.7 Å². The Morgan fingerprint density at radius 3 is 2.56 bits per heavy atom. The second-order valence-corrected chi connectivity index (χ2v) is 8.49. The van der Waals surface area contributed by atoms with Gasteiger partial charge in [0.25, 0.3) is 0 Å². The lowest BCUT2D eigenvalue weighted by molar-refractivity contribution is -0.118. The zero-order valence-corrected chi connectivity index (χ0v) is 16.4. The van der Waals surface area contributed by atoms with E-state index in [1.807, 2.05) is 0 Å². The number of rotatable bonds is 8. The van der Waals surface area contributed by atoms with Crippen molar-refractivity contribution in [3.05, 3.63) is 35.9 Å². The molecule has 1 saturated heterocycles. The molecular formula is C21H35N3O. The first-order valence-corrected chi connectivity index (χ1v) is 9.54. The second kappa shape index (κ2) is 8.81. The van der Waals surface area contributed by atoms with E-state index in [1.54, 1.807) is 6.92 Å². The van der Waals surface area contributed by atoms with Gasteiger partial charge in [-0.1, -0.05) is 51.1 Å². The van der Waals surface area contributed by atoms with Gasteiger partial charge < -0.3 is 10.6 Å². The number of nitrogens with zero attached hydrogens (tertiary/aromatic N) is 1. The topological polar surface area (TPSA) is 44.4 Å². The Labute approximate surface area is 153 Å². The summed E-state index contributed by atoms with van der Waals surface area (Å²) in [4.78, 5) is 13.5. The molecule has 1 fully saturated rings. The molecule has 140 valence electrons. The molecule has 1 amide bonds. The maximum atomic E-state index is 10.9. The molecule has 1 aromatic rings. The third-order valence-corrected chi connectivity index (χ3v) is 5.64. The summed E-state index contributed by atoms with van der Waals surface area (Å²) in [6.45, 7) is 14.8. The minimum Gasteiger partial charge on any atom is -0.356 e. The van der Waals surface area contributed by atoms with Crippen LogP contribution in [0.15, 0.2) is 30.3 Å². The van der Waals surface area contributed by atoms with Crippen LogP contribution in [0.5, 0.6) is 0 Å². The van der Waals surface area contributed by atoms with E-state index in [0.29, 0.717) is 5.41 Å². The van der Waals surface area contributed by atoms with Gasteiger partial charge in [-0.05, 0) is 36.9 Å². The molecule has 2 rings (SSSR count).